The minimum absolute atomic E-state index is 0.216. The second-order valence-corrected chi connectivity index (χ2v) is 4.34. The Hall–Kier alpha value is -2.15. The maximum atomic E-state index is 11.7. The van der Waals surface area contributed by atoms with E-state index < -0.39 is 0 Å². The summed E-state index contributed by atoms with van der Waals surface area (Å²) in [6.07, 6.45) is 1.54. The quantitative estimate of drug-likeness (QED) is 0.879. The Morgan fingerprint density at radius 1 is 1.50 bits per heavy atom. The number of carbonyl (C=O) groups is 2. The first kappa shape index (κ1) is 12.3. The van der Waals surface area contributed by atoms with Gasteiger partial charge in [-0.1, -0.05) is 0 Å². The van der Waals surface area contributed by atoms with Crippen molar-refractivity contribution in [2.75, 3.05) is 5.32 Å². The molecule has 2 rings (SSSR count). The lowest BCUT2D eigenvalue weighted by molar-refractivity contribution is -0.114. The van der Waals surface area contributed by atoms with Gasteiger partial charge >= 0.3 is 0 Å². The highest BCUT2D eigenvalue weighted by molar-refractivity contribution is 7.14. The Morgan fingerprint density at radius 3 is 3.00 bits per heavy atom. The number of anilines is 1. The van der Waals surface area contributed by atoms with Crippen molar-refractivity contribution >= 4 is 28.3 Å². The number of thiazole rings is 1. The van der Waals surface area contributed by atoms with Crippen molar-refractivity contribution in [2.24, 2.45) is 0 Å². The molecule has 0 aliphatic rings. The molecule has 2 heterocycles. The highest BCUT2D eigenvalue weighted by Crippen LogP contribution is 2.15. The number of hydrogen-bond acceptors (Lipinski definition) is 5. The van der Waals surface area contributed by atoms with E-state index >= 15 is 0 Å². The minimum atomic E-state index is -0.306. The van der Waals surface area contributed by atoms with Crippen LogP contribution in [0, 0.1) is 0 Å². The number of rotatable bonds is 4. The Morgan fingerprint density at radius 2 is 2.33 bits per heavy atom. The Labute approximate surface area is 107 Å². The lowest BCUT2D eigenvalue weighted by Crippen LogP contribution is -2.22. The molecule has 0 unspecified atom stereocenters. The molecule has 0 spiro atoms. The van der Waals surface area contributed by atoms with Crippen molar-refractivity contribution < 1.29 is 14.0 Å². The van der Waals surface area contributed by atoms with Crippen LogP contribution >= 0.6 is 11.3 Å². The Kier molecular flexibility index (Phi) is 3.73. The van der Waals surface area contributed by atoms with Crippen molar-refractivity contribution in [1.29, 1.82) is 0 Å². The highest BCUT2D eigenvalue weighted by atomic mass is 32.1. The first-order chi connectivity index (χ1) is 8.65. The van der Waals surface area contributed by atoms with E-state index in [0.29, 0.717) is 17.4 Å². The first-order valence-electron chi connectivity index (χ1n) is 5.19. The lowest BCUT2D eigenvalue weighted by atomic mass is 10.4. The Bertz CT molecular complexity index is 548. The summed E-state index contributed by atoms with van der Waals surface area (Å²) in [6, 6.07) is 3.52. The van der Waals surface area contributed by atoms with Gasteiger partial charge in [-0.25, -0.2) is 4.98 Å². The molecule has 2 amide bonds. The molecule has 0 bridgehead atoms. The molecule has 0 saturated carbocycles. The van der Waals surface area contributed by atoms with Crippen LogP contribution in [0.15, 0.2) is 28.2 Å². The normalized spacial score (nSPS) is 10.1. The van der Waals surface area contributed by atoms with E-state index in [1.54, 1.807) is 23.8 Å². The number of nitrogens with zero attached hydrogens (tertiary/aromatic N) is 1. The van der Waals surface area contributed by atoms with E-state index in [0.717, 1.165) is 0 Å². The van der Waals surface area contributed by atoms with Crippen molar-refractivity contribution in [3.8, 4) is 0 Å². The van der Waals surface area contributed by atoms with E-state index in [1.165, 1.54) is 18.3 Å². The molecule has 2 aromatic rings. The highest BCUT2D eigenvalue weighted by Gasteiger charge is 2.11. The monoisotopic (exact) mass is 265 g/mol. The summed E-state index contributed by atoms with van der Waals surface area (Å²) < 4.78 is 5.09. The van der Waals surface area contributed by atoms with Crippen LogP contribution in [-0.2, 0) is 11.3 Å². The number of amides is 2. The predicted molar refractivity (Wildman–Crippen MR) is 66.3 cm³/mol. The number of aromatic nitrogens is 1. The lowest BCUT2D eigenvalue weighted by Gasteiger charge is -1.99. The SMILES string of the molecule is CC(=O)Nc1nc(C(=O)NCc2ccco2)cs1. The van der Waals surface area contributed by atoms with Crippen LogP contribution in [0.1, 0.15) is 23.2 Å². The van der Waals surface area contributed by atoms with Crippen LogP contribution in [0.2, 0.25) is 0 Å². The zero-order chi connectivity index (χ0) is 13.0. The van der Waals surface area contributed by atoms with Crippen molar-refractivity contribution in [1.82, 2.24) is 10.3 Å². The molecule has 94 valence electrons. The second kappa shape index (κ2) is 5.46. The first-order valence-corrected chi connectivity index (χ1v) is 6.07. The third-order valence-electron chi connectivity index (χ3n) is 2.02. The topological polar surface area (TPSA) is 84.2 Å². The standard InChI is InChI=1S/C11H11N3O3S/c1-7(15)13-11-14-9(6-18-11)10(16)12-5-8-3-2-4-17-8/h2-4,6H,5H2,1H3,(H,12,16)(H,13,14,15). The van der Waals surface area contributed by atoms with Crippen molar-refractivity contribution in [2.45, 2.75) is 13.5 Å². The molecule has 0 radical (unpaired) electrons. The molecule has 18 heavy (non-hydrogen) atoms. The second-order valence-electron chi connectivity index (χ2n) is 3.48. The molecular formula is C11H11N3O3S. The number of furan rings is 1. The van der Waals surface area contributed by atoms with Crippen LogP contribution in [0.3, 0.4) is 0 Å². The molecule has 6 nitrogen and oxygen atoms in total. The van der Waals surface area contributed by atoms with E-state index in [4.69, 9.17) is 4.42 Å². The zero-order valence-corrected chi connectivity index (χ0v) is 10.4. The van der Waals surface area contributed by atoms with E-state index in [-0.39, 0.29) is 17.5 Å². The van der Waals surface area contributed by atoms with Crippen LogP contribution in [0.5, 0.6) is 0 Å². The number of hydrogen-bond donors (Lipinski definition) is 2. The fourth-order valence-electron chi connectivity index (χ4n) is 1.26. The average Bonchev–Trinajstić information content (AvgIpc) is 2.95. The zero-order valence-electron chi connectivity index (χ0n) is 9.60. The van der Waals surface area contributed by atoms with Gasteiger partial charge in [-0.2, -0.15) is 0 Å². The fraction of sp³-hybridized carbons (Fsp3) is 0.182. The summed E-state index contributed by atoms with van der Waals surface area (Å²) in [7, 11) is 0. The molecule has 0 aromatic carbocycles. The van der Waals surface area contributed by atoms with Crippen LogP contribution < -0.4 is 10.6 Å². The van der Waals surface area contributed by atoms with Gasteiger partial charge in [0.05, 0.1) is 12.8 Å². The van der Waals surface area contributed by atoms with Crippen LogP contribution in [0.4, 0.5) is 5.13 Å². The maximum absolute atomic E-state index is 11.7. The third kappa shape index (κ3) is 3.17. The summed E-state index contributed by atoms with van der Waals surface area (Å²) in [6.45, 7) is 1.69. The Balaban J connectivity index is 1.92. The third-order valence-corrected chi connectivity index (χ3v) is 2.78. The summed E-state index contributed by atoms with van der Waals surface area (Å²) in [4.78, 5) is 26.5. The molecule has 0 fully saturated rings. The minimum Gasteiger partial charge on any atom is -0.467 e. The summed E-state index contributed by atoms with van der Waals surface area (Å²) in [5.41, 5.74) is 0.273. The number of nitrogens with one attached hydrogen (secondary N) is 2. The molecule has 2 aromatic heterocycles. The van der Waals surface area contributed by atoms with Gasteiger partial charge in [0.1, 0.15) is 11.5 Å². The van der Waals surface area contributed by atoms with Crippen molar-refractivity contribution in [3.63, 3.8) is 0 Å². The molecule has 7 heteroatoms. The van der Waals surface area contributed by atoms with E-state index in [1.807, 2.05) is 0 Å². The summed E-state index contributed by atoms with van der Waals surface area (Å²) >= 11 is 1.20. The predicted octanol–water partition coefficient (Wildman–Crippen LogP) is 1.62. The van der Waals surface area contributed by atoms with E-state index in [2.05, 4.69) is 15.6 Å². The van der Waals surface area contributed by atoms with Gasteiger partial charge in [0.15, 0.2) is 5.13 Å². The van der Waals surface area contributed by atoms with Crippen LogP contribution in [-0.4, -0.2) is 16.8 Å². The fourth-order valence-corrected chi connectivity index (χ4v) is 1.99. The van der Waals surface area contributed by atoms with E-state index in [9.17, 15) is 9.59 Å². The van der Waals surface area contributed by atoms with Gasteiger partial charge in [-0.05, 0) is 12.1 Å². The molecular weight excluding hydrogens is 254 g/mol. The van der Waals surface area contributed by atoms with Gasteiger partial charge in [-0.3, -0.25) is 9.59 Å². The molecule has 0 atom stereocenters. The molecule has 0 saturated heterocycles. The molecule has 0 aliphatic carbocycles. The van der Waals surface area contributed by atoms with Crippen molar-refractivity contribution in [3.05, 3.63) is 35.2 Å². The number of carbonyl (C=O) groups excluding carboxylic acids is 2. The van der Waals surface area contributed by atoms with Gasteiger partial charge in [0.2, 0.25) is 5.91 Å². The molecule has 0 aliphatic heterocycles. The summed E-state index contributed by atoms with van der Waals surface area (Å²) in [5, 5.41) is 7.18. The average molecular weight is 265 g/mol. The van der Waals surface area contributed by atoms with Gasteiger partial charge in [-0.15, -0.1) is 11.3 Å². The maximum Gasteiger partial charge on any atom is 0.271 e. The largest absolute Gasteiger partial charge is 0.467 e. The van der Waals surface area contributed by atoms with Crippen LogP contribution in [0.25, 0.3) is 0 Å². The van der Waals surface area contributed by atoms with Gasteiger partial charge in [0.25, 0.3) is 5.91 Å². The van der Waals surface area contributed by atoms with Gasteiger partial charge < -0.3 is 15.1 Å². The molecule has 2 N–H and O–H groups in total. The smallest absolute Gasteiger partial charge is 0.271 e. The van der Waals surface area contributed by atoms with Gasteiger partial charge in [0, 0.05) is 12.3 Å². The summed E-state index contributed by atoms with van der Waals surface area (Å²) in [5.74, 6) is 0.145.